The SMILES string of the molecule is NC(CCC(=O)N[C@@H](CS(=O)(=O)O)C(=O)O)c1ccccc1. The highest BCUT2D eigenvalue weighted by Gasteiger charge is 2.25. The Morgan fingerprint density at radius 2 is 1.82 bits per heavy atom. The predicted molar refractivity (Wildman–Crippen MR) is 78.6 cm³/mol. The molecule has 0 saturated carbocycles. The van der Waals surface area contributed by atoms with Gasteiger partial charge in [0, 0.05) is 12.5 Å². The molecule has 0 aliphatic rings. The number of hydrogen-bond donors (Lipinski definition) is 4. The molecule has 0 bridgehead atoms. The van der Waals surface area contributed by atoms with Crippen molar-refractivity contribution in [3.63, 3.8) is 0 Å². The van der Waals surface area contributed by atoms with Crippen LogP contribution < -0.4 is 11.1 Å². The van der Waals surface area contributed by atoms with Crippen LogP contribution in [-0.4, -0.2) is 41.7 Å². The standard InChI is InChI=1S/C13H18N2O6S/c14-10(9-4-2-1-3-5-9)6-7-12(16)15-11(13(17)18)8-22(19,20)21/h1-5,10-11H,6-8,14H2,(H,15,16)(H,17,18)(H,19,20,21)/t10?,11-/m0/s1. The van der Waals surface area contributed by atoms with Gasteiger partial charge in [0.25, 0.3) is 10.1 Å². The quantitative estimate of drug-likeness (QED) is 0.487. The number of carboxylic acids is 1. The topological polar surface area (TPSA) is 147 Å². The highest BCUT2D eigenvalue weighted by molar-refractivity contribution is 7.85. The molecule has 0 fully saturated rings. The Kier molecular flexibility index (Phi) is 6.47. The van der Waals surface area contributed by atoms with Crippen LogP contribution in [0.3, 0.4) is 0 Å². The highest BCUT2D eigenvalue weighted by Crippen LogP contribution is 2.14. The Balaban J connectivity index is 2.52. The van der Waals surface area contributed by atoms with Gasteiger partial charge in [0.2, 0.25) is 5.91 Å². The molecule has 0 saturated heterocycles. The lowest BCUT2D eigenvalue weighted by Gasteiger charge is -2.15. The second-order valence-corrected chi connectivity index (χ2v) is 6.26. The second kappa shape index (κ2) is 7.87. The van der Waals surface area contributed by atoms with E-state index < -0.39 is 39.8 Å². The Bertz CT molecular complexity index is 617. The average molecular weight is 330 g/mol. The van der Waals surface area contributed by atoms with Gasteiger partial charge in [-0.3, -0.25) is 9.35 Å². The third-order valence-electron chi connectivity index (χ3n) is 2.92. The van der Waals surface area contributed by atoms with Crippen LogP contribution in [0.1, 0.15) is 24.4 Å². The van der Waals surface area contributed by atoms with E-state index in [2.05, 4.69) is 0 Å². The summed E-state index contributed by atoms with van der Waals surface area (Å²) in [6, 6.07) is 6.97. The third kappa shape index (κ3) is 6.66. The van der Waals surface area contributed by atoms with Crippen LogP contribution in [0.25, 0.3) is 0 Å². The molecule has 1 aromatic rings. The molecule has 0 radical (unpaired) electrons. The number of nitrogens with one attached hydrogen (secondary N) is 1. The number of carboxylic acid groups (broad SMARTS) is 1. The van der Waals surface area contributed by atoms with E-state index in [0.29, 0.717) is 0 Å². The molecule has 122 valence electrons. The summed E-state index contributed by atoms with van der Waals surface area (Å²) >= 11 is 0. The Morgan fingerprint density at radius 1 is 1.23 bits per heavy atom. The zero-order valence-corrected chi connectivity index (χ0v) is 12.5. The molecule has 1 amide bonds. The first kappa shape index (κ1) is 18.1. The maximum absolute atomic E-state index is 11.7. The molecular weight excluding hydrogens is 312 g/mol. The summed E-state index contributed by atoms with van der Waals surface area (Å²) in [5.41, 5.74) is 6.74. The first-order chi connectivity index (χ1) is 10.2. The average Bonchev–Trinajstić information content (AvgIpc) is 2.43. The summed E-state index contributed by atoms with van der Waals surface area (Å²) in [6.45, 7) is 0. The fourth-order valence-electron chi connectivity index (χ4n) is 1.81. The zero-order chi connectivity index (χ0) is 16.8. The first-order valence-corrected chi connectivity index (χ1v) is 8.08. The first-order valence-electron chi connectivity index (χ1n) is 6.47. The van der Waals surface area contributed by atoms with Crippen LogP contribution in [0.15, 0.2) is 30.3 Å². The summed E-state index contributed by atoms with van der Waals surface area (Å²) in [4.78, 5) is 22.5. The maximum Gasteiger partial charge on any atom is 0.327 e. The number of rotatable bonds is 8. The molecule has 1 aromatic carbocycles. The van der Waals surface area contributed by atoms with E-state index in [1.807, 2.05) is 23.5 Å². The minimum absolute atomic E-state index is 0.0642. The molecule has 0 spiro atoms. The van der Waals surface area contributed by atoms with Crippen LogP contribution in [-0.2, 0) is 19.7 Å². The molecule has 0 aromatic heterocycles. The Labute approximate surface area is 128 Å². The van der Waals surface area contributed by atoms with Gasteiger partial charge in [-0.2, -0.15) is 8.42 Å². The van der Waals surface area contributed by atoms with Gasteiger partial charge in [-0.1, -0.05) is 30.3 Å². The van der Waals surface area contributed by atoms with E-state index >= 15 is 0 Å². The summed E-state index contributed by atoms with van der Waals surface area (Å²) in [5, 5.41) is 10.9. The fourth-order valence-corrected chi connectivity index (χ4v) is 2.45. The van der Waals surface area contributed by atoms with E-state index in [0.717, 1.165) is 5.56 Å². The van der Waals surface area contributed by atoms with Crippen molar-refractivity contribution in [2.24, 2.45) is 5.73 Å². The zero-order valence-electron chi connectivity index (χ0n) is 11.7. The van der Waals surface area contributed by atoms with E-state index in [-0.39, 0.29) is 12.8 Å². The molecule has 0 aliphatic heterocycles. The van der Waals surface area contributed by atoms with E-state index in [1.54, 1.807) is 12.1 Å². The van der Waals surface area contributed by atoms with Gasteiger partial charge >= 0.3 is 5.97 Å². The van der Waals surface area contributed by atoms with Gasteiger partial charge in [0.1, 0.15) is 11.8 Å². The van der Waals surface area contributed by atoms with E-state index in [1.165, 1.54) is 0 Å². The monoisotopic (exact) mass is 330 g/mol. The van der Waals surface area contributed by atoms with Gasteiger partial charge in [-0.05, 0) is 12.0 Å². The fraction of sp³-hybridized carbons (Fsp3) is 0.385. The molecule has 1 rings (SSSR count). The number of carbonyl (C=O) groups excluding carboxylic acids is 1. The van der Waals surface area contributed by atoms with Crippen molar-refractivity contribution < 1.29 is 27.7 Å². The summed E-state index contributed by atoms with van der Waals surface area (Å²) in [6.07, 6.45) is 0.208. The molecule has 1 unspecified atom stereocenters. The lowest BCUT2D eigenvalue weighted by Crippen LogP contribution is -2.45. The summed E-state index contributed by atoms with van der Waals surface area (Å²) < 4.78 is 30.1. The van der Waals surface area contributed by atoms with Gasteiger partial charge in [0.15, 0.2) is 0 Å². The normalized spacial score (nSPS) is 14.1. The number of amides is 1. The smallest absolute Gasteiger partial charge is 0.327 e. The lowest BCUT2D eigenvalue weighted by molar-refractivity contribution is -0.141. The minimum Gasteiger partial charge on any atom is -0.480 e. The van der Waals surface area contributed by atoms with Crippen molar-refractivity contribution in [3.8, 4) is 0 Å². The van der Waals surface area contributed by atoms with Crippen LogP contribution >= 0.6 is 0 Å². The molecule has 0 heterocycles. The maximum atomic E-state index is 11.7. The Morgan fingerprint density at radius 3 is 2.32 bits per heavy atom. The van der Waals surface area contributed by atoms with Gasteiger partial charge in [-0.15, -0.1) is 0 Å². The van der Waals surface area contributed by atoms with Crippen molar-refractivity contribution >= 4 is 22.0 Å². The summed E-state index contributed by atoms with van der Waals surface area (Å²) in [7, 11) is -4.51. The lowest BCUT2D eigenvalue weighted by atomic mass is 10.0. The molecule has 22 heavy (non-hydrogen) atoms. The van der Waals surface area contributed by atoms with Gasteiger partial charge in [0.05, 0.1) is 0 Å². The van der Waals surface area contributed by atoms with Crippen LogP contribution in [0.2, 0.25) is 0 Å². The number of nitrogens with two attached hydrogens (primary N) is 1. The van der Waals surface area contributed by atoms with Crippen LogP contribution in [0.4, 0.5) is 0 Å². The van der Waals surface area contributed by atoms with Crippen molar-refractivity contribution in [2.45, 2.75) is 24.9 Å². The van der Waals surface area contributed by atoms with Gasteiger partial charge in [-0.25, -0.2) is 4.79 Å². The summed E-state index contributed by atoms with van der Waals surface area (Å²) in [5.74, 6) is -3.28. The van der Waals surface area contributed by atoms with Gasteiger partial charge < -0.3 is 16.2 Å². The molecule has 8 nitrogen and oxygen atoms in total. The predicted octanol–water partition coefficient (Wildman–Crippen LogP) is -0.0762. The molecular formula is C13H18N2O6S. The van der Waals surface area contributed by atoms with E-state index in [9.17, 15) is 18.0 Å². The number of benzene rings is 1. The van der Waals surface area contributed by atoms with Crippen LogP contribution in [0.5, 0.6) is 0 Å². The minimum atomic E-state index is -4.51. The van der Waals surface area contributed by atoms with E-state index in [4.69, 9.17) is 15.4 Å². The Hall–Kier alpha value is -1.97. The molecule has 5 N–H and O–H groups in total. The van der Waals surface area contributed by atoms with Crippen molar-refractivity contribution in [2.75, 3.05) is 5.75 Å². The van der Waals surface area contributed by atoms with Crippen molar-refractivity contribution in [1.82, 2.24) is 5.32 Å². The largest absolute Gasteiger partial charge is 0.480 e. The molecule has 0 aliphatic carbocycles. The number of hydrogen-bond acceptors (Lipinski definition) is 5. The molecule has 2 atom stereocenters. The van der Waals surface area contributed by atoms with Crippen molar-refractivity contribution in [1.29, 1.82) is 0 Å². The number of aliphatic carboxylic acids is 1. The second-order valence-electron chi connectivity index (χ2n) is 4.76. The molecule has 9 heteroatoms. The van der Waals surface area contributed by atoms with Crippen molar-refractivity contribution in [3.05, 3.63) is 35.9 Å². The third-order valence-corrected chi connectivity index (χ3v) is 3.68. The highest BCUT2D eigenvalue weighted by atomic mass is 32.2. The number of carbonyl (C=O) groups is 2. The van der Waals surface area contributed by atoms with Crippen LogP contribution in [0, 0.1) is 0 Å².